The van der Waals surface area contributed by atoms with Gasteiger partial charge in [0.25, 0.3) is 0 Å². The van der Waals surface area contributed by atoms with Crippen molar-refractivity contribution in [1.82, 2.24) is 4.90 Å². The Morgan fingerprint density at radius 1 is 1.10 bits per heavy atom. The second-order valence-electron chi connectivity index (χ2n) is 5.64. The van der Waals surface area contributed by atoms with Gasteiger partial charge in [0.2, 0.25) is 5.91 Å². The number of amides is 1. The van der Waals surface area contributed by atoms with Gasteiger partial charge in [0.1, 0.15) is 5.75 Å². The summed E-state index contributed by atoms with van der Waals surface area (Å²) in [5, 5.41) is 0. The zero-order chi connectivity index (χ0) is 14.4. The highest BCUT2D eigenvalue weighted by Crippen LogP contribution is 2.17. The largest absolute Gasteiger partial charge is 0.493 e. The monoisotopic (exact) mass is 275 g/mol. The molecule has 1 aromatic carbocycles. The molecule has 0 unspecified atom stereocenters. The van der Waals surface area contributed by atoms with Gasteiger partial charge in [-0.25, -0.2) is 0 Å². The van der Waals surface area contributed by atoms with Crippen LogP contribution in [-0.4, -0.2) is 30.5 Å². The highest BCUT2D eigenvalue weighted by molar-refractivity contribution is 5.76. The van der Waals surface area contributed by atoms with Gasteiger partial charge in [-0.05, 0) is 49.9 Å². The summed E-state index contributed by atoms with van der Waals surface area (Å²) < 4.78 is 5.69. The van der Waals surface area contributed by atoms with Gasteiger partial charge in [0, 0.05) is 13.1 Å². The predicted octanol–water partition coefficient (Wildman–Crippen LogP) is 3.47. The van der Waals surface area contributed by atoms with Gasteiger partial charge in [-0.1, -0.05) is 18.9 Å². The molecule has 0 saturated carbocycles. The first-order valence-corrected chi connectivity index (χ1v) is 7.64. The Hall–Kier alpha value is -1.51. The molecule has 1 amide bonds. The maximum atomic E-state index is 12.1. The van der Waals surface area contributed by atoms with E-state index in [1.165, 1.54) is 24.0 Å². The standard InChI is InChI=1S/C17H25NO2/c1-14-7-8-16(13-15(14)2)20-12-9-17(19)18-10-5-3-4-6-11-18/h7-8,13H,3-6,9-12H2,1-2H3. The van der Waals surface area contributed by atoms with Crippen LogP contribution in [0.3, 0.4) is 0 Å². The van der Waals surface area contributed by atoms with E-state index in [4.69, 9.17) is 4.74 Å². The highest BCUT2D eigenvalue weighted by atomic mass is 16.5. The van der Waals surface area contributed by atoms with Crippen molar-refractivity contribution >= 4 is 5.91 Å². The zero-order valence-corrected chi connectivity index (χ0v) is 12.7. The molecule has 1 aliphatic rings. The quantitative estimate of drug-likeness (QED) is 0.842. The molecule has 0 atom stereocenters. The van der Waals surface area contributed by atoms with Gasteiger partial charge in [0.15, 0.2) is 0 Å². The maximum Gasteiger partial charge on any atom is 0.225 e. The molecule has 1 aliphatic heterocycles. The third-order valence-corrected chi connectivity index (χ3v) is 4.02. The molecule has 0 aliphatic carbocycles. The van der Waals surface area contributed by atoms with Crippen LogP contribution in [0.15, 0.2) is 18.2 Å². The number of hydrogen-bond donors (Lipinski definition) is 0. The second-order valence-corrected chi connectivity index (χ2v) is 5.64. The molecule has 2 rings (SSSR count). The van der Waals surface area contributed by atoms with Crippen molar-refractivity contribution in [2.24, 2.45) is 0 Å². The van der Waals surface area contributed by atoms with E-state index in [9.17, 15) is 4.79 Å². The van der Waals surface area contributed by atoms with Gasteiger partial charge >= 0.3 is 0 Å². The summed E-state index contributed by atoms with van der Waals surface area (Å²) >= 11 is 0. The van der Waals surface area contributed by atoms with Crippen molar-refractivity contribution in [1.29, 1.82) is 0 Å². The van der Waals surface area contributed by atoms with Crippen LogP contribution in [0.25, 0.3) is 0 Å². The van der Waals surface area contributed by atoms with Crippen molar-refractivity contribution in [3.8, 4) is 5.75 Å². The van der Waals surface area contributed by atoms with Crippen LogP contribution in [-0.2, 0) is 4.79 Å². The minimum Gasteiger partial charge on any atom is -0.493 e. The minimum absolute atomic E-state index is 0.232. The lowest BCUT2D eigenvalue weighted by Crippen LogP contribution is -2.32. The predicted molar refractivity (Wildman–Crippen MR) is 81.1 cm³/mol. The fraction of sp³-hybridized carbons (Fsp3) is 0.588. The van der Waals surface area contributed by atoms with Crippen molar-refractivity contribution in [3.63, 3.8) is 0 Å². The number of nitrogens with zero attached hydrogens (tertiary/aromatic N) is 1. The van der Waals surface area contributed by atoms with Crippen molar-refractivity contribution in [2.75, 3.05) is 19.7 Å². The van der Waals surface area contributed by atoms with Crippen LogP contribution < -0.4 is 4.74 Å². The summed E-state index contributed by atoms with van der Waals surface area (Å²) in [6.45, 7) is 6.47. The first kappa shape index (κ1) is 14.9. The van der Waals surface area contributed by atoms with Crippen molar-refractivity contribution in [3.05, 3.63) is 29.3 Å². The Balaban J connectivity index is 1.76. The molecule has 0 bridgehead atoms. The third-order valence-electron chi connectivity index (χ3n) is 4.02. The molecule has 1 aromatic rings. The maximum absolute atomic E-state index is 12.1. The number of ether oxygens (including phenoxy) is 1. The number of aryl methyl sites for hydroxylation is 2. The molecule has 110 valence electrons. The van der Waals surface area contributed by atoms with E-state index >= 15 is 0 Å². The van der Waals surface area contributed by atoms with E-state index in [2.05, 4.69) is 19.9 Å². The van der Waals surface area contributed by atoms with Crippen LogP contribution in [0.5, 0.6) is 5.75 Å². The van der Waals surface area contributed by atoms with E-state index in [1.807, 2.05) is 17.0 Å². The van der Waals surface area contributed by atoms with Crippen LogP contribution >= 0.6 is 0 Å². The summed E-state index contributed by atoms with van der Waals surface area (Å²) in [4.78, 5) is 14.1. The molecule has 0 radical (unpaired) electrons. The Kier molecular flexibility index (Phi) is 5.45. The van der Waals surface area contributed by atoms with Gasteiger partial charge < -0.3 is 9.64 Å². The van der Waals surface area contributed by atoms with E-state index in [-0.39, 0.29) is 5.91 Å². The van der Waals surface area contributed by atoms with Gasteiger partial charge in [-0.3, -0.25) is 4.79 Å². The summed E-state index contributed by atoms with van der Waals surface area (Å²) in [5.74, 6) is 1.09. The van der Waals surface area contributed by atoms with E-state index < -0.39 is 0 Å². The van der Waals surface area contributed by atoms with Crippen molar-refractivity contribution in [2.45, 2.75) is 46.0 Å². The summed E-state index contributed by atoms with van der Waals surface area (Å²) in [7, 11) is 0. The van der Waals surface area contributed by atoms with Crippen LogP contribution in [0, 0.1) is 13.8 Å². The number of hydrogen-bond acceptors (Lipinski definition) is 2. The summed E-state index contributed by atoms with van der Waals surface area (Å²) in [6, 6.07) is 6.06. The lowest BCUT2D eigenvalue weighted by molar-refractivity contribution is -0.131. The number of carbonyl (C=O) groups excluding carboxylic acids is 1. The number of likely N-dealkylation sites (tertiary alicyclic amines) is 1. The van der Waals surface area contributed by atoms with Crippen LogP contribution in [0.2, 0.25) is 0 Å². The van der Waals surface area contributed by atoms with Crippen LogP contribution in [0.4, 0.5) is 0 Å². The molecular formula is C17H25NO2. The highest BCUT2D eigenvalue weighted by Gasteiger charge is 2.15. The molecule has 0 aromatic heterocycles. The third kappa shape index (κ3) is 4.26. The van der Waals surface area contributed by atoms with Gasteiger partial charge in [-0.2, -0.15) is 0 Å². The Morgan fingerprint density at radius 2 is 1.80 bits per heavy atom. The molecule has 0 spiro atoms. The summed E-state index contributed by atoms with van der Waals surface area (Å²) in [5.41, 5.74) is 2.49. The molecule has 1 heterocycles. The first-order valence-electron chi connectivity index (χ1n) is 7.64. The second kappa shape index (κ2) is 7.32. The molecule has 1 saturated heterocycles. The molecule has 20 heavy (non-hydrogen) atoms. The van der Waals surface area contributed by atoms with Crippen molar-refractivity contribution < 1.29 is 9.53 Å². The fourth-order valence-electron chi connectivity index (χ4n) is 2.54. The SMILES string of the molecule is Cc1ccc(OCCC(=O)N2CCCCCC2)cc1C. The lowest BCUT2D eigenvalue weighted by atomic mass is 10.1. The minimum atomic E-state index is 0.232. The molecule has 3 nitrogen and oxygen atoms in total. The number of rotatable bonds is 4. The average Bonchev–Trinajstić information content (AvgIpc) is 2.71. The topological polar surface area (TPSA) is 29.5 Å². The first-order chi connectivity index (χ1) is 9.66. The fourth-order valence-corrected chi connectivity index (χ4v) is 2.54. The van der Waals surface area contributed by atoms with E-state index in [0.717, 1.165) is 31.7 Å². The summed E-state index contributed by atoms with van der Waals surface area (Å²) in [6.07, 6.45) is 5.27. The Labute approximate surface area is 121 Å². The van der Waals surface area contributed by atoms with E-state index in [1.54, 1.807) is 0 Å². The Morgan fingerprint density at radius 3 is 2.45 bits per heavy atom. The molecular weight excluding hydrogens is 250 g/mol. The number of carbonyl (C=O) groups is 1. The number of benzene rings is 1. The molecule has 3 heteroatoms. The molecule has 1 fully saturated rings. The van der Waals surface area contributed by atoms with E-state index in [0.29, 0.717) is 13.0 Å². The van der Waals surface area contributed by atoms with Crippen LogP contribution in [0.1, 0.15) is 43.2 Å². The smallest absolute Gasteiger partial charge is 0.225 e. The van der Waals surface area contributed by atoms with Gasteiger partial charge in [0.05, 0.1) is 13.0 Å². The normalized spacial score (nSPS) is 15.8. The van der Waals surface area contributed by atoms with Gasteiger partial charge in [-0.15, -0.1) is 0 Å². The average molecular weight is 275 g/mol. The zero-order valence-electron chi connectivity index (χ0n) is 12.7. The molecule has 0 N–H and O–H groups in total. The lowest BCUT2D eigenvalue weighted by Gasteiger charge is -2.20. The Bertz CT molecular complexity index is 448.